The molecule has 6 nitrogen and oxygen atoms in total. The smallest absolute Gasteiger partial charge is 0.0185 e. The van der Waals surface area contributed by atoms with Crippen LogP contribution in [0, 0.1) is 0 Å². The van der Waals surface area contributed by atoms with E-state index in [2.05, 4.69) is 22.2 Å². The molecular formula is C14H34N6. The second-order valence-corrected chi connectivity index (χ2v) is 4.94. The van der Waals surface area contributed by atoms with Crippen LogP contribution >= 0.6 is 0 Å². The van der Waals surface area contributed by atoms with Crippen molar-refractivity contribution in [1.82, 2.24) is 9.80 Å². The molecule has 0 bridgehead atoms. The van der Waals surface area contributed by atoms with E-state index in [0.29, 0.717) is 0 Å². The molecule has 0 unspecified atom stereocenters. The number of hydrogen-bond donors (Lipinski definition) is 4. The lowest BCUT2D eigenvalue weighted by Gasteiger charge is -2.24. The van der Waals surface area contributed by atoms with Crippen molar-refractivity contribution >= 4 is 0 Å². The summed E-state index contributed by atoms with van der Waals surface area (Å²) in [7, 11) is 0. The van der Waals surface area contributed by atoms with Gasteiger partial charge in [0.2, 0.25) is 0 Å². The molecular weight excluding hydrogens is 252 g/mol. The Hall–Kier alpha value is -0.820. The molecule has 0 saturated carbocycles. The van der Waals surface area contributed by atoms with Crippen molar-refractivity contribution in [3.05, 3.63) is 12.4 Å². The van der Waals surface area contributed by atoms with Gasteiger partial charge in [-0.3, -0.25) is 0 Å². The fourth-order valence-corrected chi connectivity index (χ4v) is 1.89. The van der Waals surface area contributed by atoms with Gasteiger partial charge in [0.05, 0.1) is 0 Å². The third kappa shape index (κ3) is 11.0. The Kier molecular flexibility index (Phi) is 14.0. The summed E-state index contributed by atoms with van der Waals surface area (Å²) in [5, 5.41) is 0. The largest absolute Gasteiger partial charge is 0.376 e. The highest BCUT2D eigenvalue weighted by molar-refractivity contribution is 4.84. The van der Waals surface area contributed by atoms with Crippen LogP contribution in [0.3, 0.4) is 0 Å². The van der Waals surface area contributed by atoms with E-state index < -0.39 is 0 Å². The summed E-state index contributed by atoms with van der Waals surface area (Å²) < 4.78 is 0. The van der Waals surface area contributed by atoms with Crippen molar-refractivity contribution in [2.45, 2.75) is 25.7 Å². The molecule has 0 atom stereocenters. The van der Waals surface area contributed by atoms with E-state index >= 15 is 0 Å². The van der Waals surface area contributed by atoms with Gasteiger partial charge >= 0.3 is 0 Å². The molecule has 0 spiro atoms. The minimum atomic E-state index is 0.719. The lowest BCUT2D eigenvalue weighted by atomic mass is 10.3. The first-order valence-corrected chi connectivity index (χ1v) is 7.75. The molecule has 20 heavy (non-hydrogen) atoms. The predicted molar refractivity (Wildman–Crippen MR) is 87.0 cm³/mol. The third-order valence-corrected chi connectivity index (χ3v) is 3.09. The van der Waals surface area contributed by atoms with Gasteiger partial charge in [-0.1, -0.05) is 0 Å². The number of nitrogens with two attached hydrogens (primary N) is 4. The van der Waals surface area contributed by atoms with Crippen LogP contribution in [-0.4, -0.2) is 62.2 Å². The quantitative estimate of drug-likeness (QED) is 0.341. The van der Waals surface area contributed by atoms with Crippen LogP contribution in [0.1, 0.15) is 25.7 Å². The summed E-state index contributed by atoms with van der Waals surface area (Å²) in [6, 6.07) is 0. The fourth-order valence-electron chi connectivity index (χ4n) is 1.89. The van der Waals surface area contributed by atoms with Crippen LogP contribution in [0.5, 0.6) is 0 Å². The van der Waals surface area contributed by atoms with Gasteiger partial charge in [-0.05, 0) is 51.9 Å². The fraction of sp³-hybridized carbons (Fsp3) is 0.857. The minimum absolute atomic E-state index is 0.719. The maximum absolute atomic E-state index is 5.58. The van der Waals surface area contributed by atoms with E-state index in [1.54, 1.807) is 0 Å². The SMILES string of the molecule is NCCCN(/C=C/N(CCCN)CCCN)CCCN. The molecule has 0 aliphatic carbocycles. The Morgan fingerprint density at radius 3 is 0.950 bits per heavy atom. The van der Waals surface area contributed by atoms with Gasteiger partial charge in [0.25, 0.3) is 0 Å². The second kappa shape index (κ2) is 14.6. The molecule has 0 aromatic heterocycles. The van der Waals surface area contributed by atoms with Crippen LogP contribution in [0.2, 0.25) is 0 Å². The minimum Gasteiger partial charge on any atom is -0.376 e. The molecule has 6 heteroatoms. The lowest BCUT2D eigenvalue weighted by Crippen LogP contribution is -2.27. The average molecular weight is 286 g/mol. The van der Waals surface area contributed by atoms with Gasteiger partial charge in [0, 0.05) is 38.6 Å². The highest BCUT2D eigenvalue weighted by Gasteiger charge is 2.01. The van der Waals surface area contributed by atoms with Crippen molar-refractivity contribution in [3.63, 3.8) is 0 Å². The number of rotatable bonds is 14. The molecule has 120 valence electrons. The van der Waals surface area contributed by atoms with Gasteiger partial charge in [0.15, 0.2) is 0 Å². The first kappa shape index (κ1) is 19.2. The first-order valence-electron chi connectivity index (χ1n) is 7.75. The average Bonchev–Trinajstić information content (AvgIpc) is 2.48. The molecule has 0 aromatic rings. The van der Waals surface area contributed by atoms with E-state index in [1.165, 1.54) is 0 Å². The second-order valence-electron chi connectivity index (χ2n) is 4.94. The Balaban J connectivity index is 4.30. The number of nitrogens with zero attached hydrogens (tertiary/aromatic N) is 2. The first-order chi connectivity index (χ1) is 9.78. The van der Waals surface area contributed by atoms with Crippen molar-refractivity contribution in [3.8, 4) is 0 Å². The van der Waals surface area contributed by atoms with E-state index in [1.807, 2.05) is 0 Å². The van der Waals surface area contributed by atoms with Gasteiger partial charge < -0.3 is 32.7 Å². The maximum atomic E-state index is 5.58. The van der Waals surface area contributed by atoms with E-state index in [4.69, 9.17) is 22.9 Å². The Labute approximate surface area is 124 Å². The molecule has 0 radical (unpaired) electrons. The molecule has 0 aliphatic rings. The van der Waals surface area contributed by atoms with E-state index in [0.717, 1.165) is 78.0 Å². The van der Waals surface area contributed by atoms with Gasteiger partial charge in [-0.15, -0.1) is 0 Å². The third-order valence-electron chi connectivity index (χ3n) is 3.09. The van der Waals surface area contributed by atoms with Crippen molar-refractivity contribution in [2.75, 3.05) is 52.4 Å². The van der Waals surface area contributed by atoms with Crippen molar-refractivity contribution in [2.24, 2.45) is 22.9 Å². The molecule has 0 aliphatic heterocycles. The lowest BCUT2D eigenvalue weighted by molar-refractivity contribution is 0.333. The van der Waals surface area contributed by atoms with Crippen LogP contribution < -0.4 is 22.9 Å². The van der Waals surface area contributed by atoms with Crippen LogP contribution in [0.25, 0.3) is 0 Å². The summed E-state index contributed by atoms with van der Waals surface area (Å²) in [4.78, 5) is 4.58. The Bertz CT molecular complexity index is 184. The molecule has 0 amide bonds. The highest BCUT2D eigenvalue weighted by Crippen LogP contribution is 2.00. The van der Waals surface area contributed by atoms with Crippen LogP contribution in [-0.2, 0) is 0 Å². The van der Waals surface area contributed by atoms with Gasteiger partial charge in [-0.2, -0.15) is 0 Å². The molecule has 0 aromatic carbocycles. The Morgan fingerprint density at radius 2 is 0.750 bits per heavy atom. The summed E-state index contributed by atoms with van der Waals surface area (Å²) in [5.74, 6) is 0. The number of hydrogen-bond acceptors (Lipinski definition) is 6. The van der Waals surface area contributed by atoms with Gasteiger partial charge in [-0.25, -0.2) is 0 Å². The predicted octanol–water partition coefficient (Wildman–Crippen LogP) is -0.543. The summed E-state index contributed by atoms with van der Waals surface area (Å²) in [6.45, 7) is 6.80. The zero-order valence-corrected chi connectivity index (χ0v) is 12.8. The molecule has 8 N–H and O–H groups in total. The summed E-state index contributed by atoms with van der Waals surface area (Å²) in [6.07, 6.45) is 8.30. The highest BCUT2D eigenvalue weighted by atomic mass is 15.2. The normalized spacial score (nSPS) is 11.2. The maximum Gasteiger partial charge on any atom is 0.0185 e. The molecule has 0 rings (SSSR count). The molecule has 0 heterocycles. The zero-order valence-electron chi connectivity index (χ0n) is 12.8. The Morgan fingerprint density at radius 1 is 0.500 bits per heavy atom. The standard InChI is InChI=1S/C14H34N6/c15-5-1-9-19(10-2-6-16)13-14-20(11-3-7-17)12-4-8-18/h13-14H,1-12,15-18H2/b14-13+. The van der Waals surface area contributed by atoms with Gasteiger partial charge in [0.1, 0.15) is 0 Å². The summed E-state index contributed by atoms with van der Waals surface area (Å²) >= 11 is 0. The molecule has 0 fully saturated rings. The van der Waals surface area contributed by atoms with Crippen molar-refractivity contribution < 1.29 is 0 Å². The van der Waals surface area contributed by atoms with E-state index in [-0.39, 0.29) is 0 Å². The van der Waals surface area contributed by atoms with Crippen LogP contribution in [0.4, 0.5) is 0 Å². The summed E-state index contributed by atoms with van der Waals surface area (Å²) in [5.41, 5.74) is 22.3. The molecule has 0 saturated heterocycles. The van der Waals surface area contributed by atoms with Crippen molar-refractivity contribution in [1.29, 1.82) is 0 Å². The van der Waals surface area contributed by atoms with Crippen LogP contribution in [0.15, 0.2) is 12.4 Å². The monoisotopic (exact) mass is 286 g/mol. The van der Waals surface area contributed by atoms with E-state index in [9.17, 15) is 0 Å². The zero-order chi connectivity index (χ0) is 15.1. The topological polar surface area (TPSA) is 111 Å².